The quantitative estimate of drug-likeness (QED) is 0.472. The first-order chi connectivity index (χ1) is 16.1. The Hall–Kier alpha value is -3.45. The van der Waals surface area contributed by atoms with Gasteiger partial charge in [0.1, 0.15) is 5.82 Å². The van der Waals surface area contributed by atoms with Crippen molar-refractivity contribution < 1.29 is 9.59 Å². The number of carbonyl (C=O) groups excluding carboxylic acids is 2. The van der Waals surface area contributed by atoms with Crippen LogP contribution in [0.2, 0.25) is 0 Å². The van der Waals surface area contributed by atoms with Crippen LogP contribution in [0.5, 0.6) is 0 Å². The molecule has 1 aliphatic rings. The minimum Gasteiger partial charge on any atom is -0.356 e. The number of aromatic nitrogens is 2. The first kappa shape index (κ1) is 22.7. The molecule has 0 aliphatic carbocycles. The molecule has 2 heterocycles. The van der Waals surface area contributed by atoms with Crippen molar-refractivity contribution in [3.63, 3.8) is 0 Å². The van der Waals surface area contributed by atoms with E-state index in [0.29, 0.717) is 32.6 Å². The van der Waals surface area contributed by atoms with Gasteiger partial charge in [-0.1, -0.05) is 60.7 Å². The number of nitrogens with zero attached hydrogens (tertiary/aromatic N) is 2. The van der Waals surface area contributed by atoms with Crippen molar-refractivity contribution in [2.24, 2.45) is 0 Å². The SMILES string of the molecule is Cc1cnc(CCNC(=O)C[C@@H]2C(=O)NCCN2CC(c2ccccc2)c2ccccc2)[nH]1. The number of benzene rings is 2. The summed E-state index contributed by atoms with van der Waals surface area (Å²) in [7, 11) is 0. The smallest absolute Gasteiger partial charge is 0.237 e. The van der Waals surface area contributed by atoms with E-state index in [4.69, 9.17) is 0 Å². The molecule has 0 unspecified atom stereocenters. The van der Waals surface area contributed by atoms with E-state index in [0.717, 1.165) is 11.5 Å². The van der Waals surface area contributed by atoms with E-state index in [2.05, 4.69) is 49.8 Å². The molecule has 1 aliphatic heterocycles. The number of rotatable bonds is 9. The lowest BCUT2D eigenvalue weighted by Crippen LogP contribution is -2.57. The van der Waals surface area contributed by atoms with Gasteiger partial charge >= 0.3 is 0 Å². The number of imidazole rings is 1. The van der Waals surface area contributed by atoms with Crippen molar-refractivity contribution in [3.8, 4) is 0 Å². The fourth-order valence-electron chi connectivity index (χ4n) is 4.37. The number of hydrogen-bond donors (Lipinski definition) is 3. The topological polar surface area (TPSA) is 90.1 Å². The Morgan fingerprint density at radius 3 is 2.39 bits per heavy atom. The van der Waals surface area contributed by atoms with Crippen molar-refractivity contribution in [1.29, 1.82) is 0 Å². The number of carbonyl (C=O) groups is 2. The third-order valence-corrected chi connectivity index (χ3v) is 6.08. The van der Waals surface area contributed by atoms with Crippen molar-refractivity contribution >= 4 is 11.8 Å². The predicted octanol–water partition coefficient (Wildman–Crippen LogP) is 2.40. The van der Waals surface area contributed by atoms with Crippen LogP contribution in [0, 0.1) is 6.92 Å². The standard InChI is InChI=1S/C26H31N5O2/c1-19-17-29-24(30-19)12-13-27-25(32)16-23-26(33)28-14-15-31(23)18-22(20-8-4-2-5-9-20)21-10-6-3-7-11-21/h2-11,17,22-23H,12-16,18H2,1H3,(H,27,32)(H,28,33)(H,29,30)/t23-/m1/s1. The summed E-state index contributed by atoms with van der Waals surface area (Å²) >= 11 is 0. The molecule has 7 heteroatoms. The minimum absolute atomic E-state index is 0.0852. The van der Waals surface area contributed by atoms with Gasteiger partial charge in [0.05, 0.1) is 12.5 Å². The maximum atomic E-state index is 12.7. The Bertz CT molecular complexity index is 1010. The Morgan fingerprint density at radius 1 is 1.12 bits per heavy atom. The van der Waals surface area contributed by atoms with Crippen molar-refractivity contribution in [2.45, 2.75) is 31.7 Å². The maximum absolute atomic E-state index is 12.7. The summed E-state index contributed by atoms with van der Waals surface area (Å²) in [4.78, 5) is 35.0. The molecular formula is C26H31N5O2. The van der Waals surface area contributed by atoms with Gasteiger partial charge in [-0.15, -0.1) is 0 Å². The van der Waals surface area contributed by atoms with E-state index in [9.17, 15) is 9.59 Å². The van der Waals surface area contributed by atoms with Gasteiger partial charge in [0.2, 0.25) is 11.8 Å². The van der Waals surface area contributed by atoms with Crippen LogP contribution < -0.4 is 10.6 Å². The summed E-state index contributed by atoms with van der Waals surface area (Å²) < 4.78 is 0. The molecule has 1 saturated heterocycles. The van der Waals surface area contributed by atoms with Gasteiger partial charge in [-0.3, -0.25) is 14.5 Å². The summed E-state index contributed by atoms with van der Waals surface area (Å²) in [6.45, 7) is 4.40. The van der Waals surface area contributed by atoms with Gasteiger partial charge in [0, 0.05) is 50.4 Å². The molecule has 2 amide bonds. The second kappa shape index (κ2) is 10.9. The van der Waals surface area contributed by atoms with Crippen LogP contribution in [0.4, 0.5) is 0 Å². The molecule has 3 aromatic rings. The Kier molecular flexibility index (Phi) is 7.52. The van der Waals surface area contributed by atoms with Gasteiger partial charge < -0.3 is 15.6 Å². The van der Waals surface area contributed by atoms with Gasteiger partial charge in [-0.25, -0.2) is 4.98 Å². The third kappa shape index (κ3) is 6.08. The predicted molar refractivity (Wildman–Crippen MR) is 128 cm³/mol. The molecule has 0 radical (unpaired) electrons. The fourth-order valence-corrected chi connectivity index (χ4v) is 4.37. The Labute approximate surface area is 194 Å². The molecule has 1 fully saturated rings. The van der Waals surface area contributed by atoms with E-state index >= 15 is 0 Å². The summed E-state index contributed by atoms with van der Waals surface area (Å²) in [5.41, 5.74) is 3.40. The highest BCUT2D eigenvalue weighted by molar-refractivity contribution is 5.88. The zero-order chi connectivity index (χ0) is 23.0. The molecule has 1 atom stereocenters. The number of nitrogens with one attached hydrogen (secondary N) is 3. The van der Waals surface area contributed by atoms with Crippen molar-refractivity contribution in [1.82, 2.24) is 25.5 Å². The van der Waals surface area contributed by atoms with E-state index in [-0.39, 0.29) is 24.2 Å². The van der Waals surface area contributed by atoms with E-state index in [1.54, 1.807) is 6.20 Å². The van der Waals surface area contributed by atoms with Crippen LogP contribution in [0.3, 0.4) is 0 Å². The van der Waals surface area contributed by atoms with Crippen LogP contribution >= 0.6 is 0 Å². The molecule has 172 valence electrons. The highest BCUT2D eigenvalue weighted by Crippen LogP contribution is 2.27. The van der Waals surface area contributed by atoms with Crippen LogP contribution in [0.15, 0.2) is 66.9 Å². The van der Waals surface area contributed by atoms with E-state index in [1.807, 2.05) is 43.3 Å². The van der Waals surface area contributed by atoms with E-state index in [1.165, 1.54) is 11.1 Å². The average molecular weight is 446 g/mol. The molecular weight excluding hydrogens is 414 g/mol. The minimum atomic E-state index is -0.487. The first-order valence-corrected chi connectivity index (χ1v) is 11.5. The second-order valence-electron chi connectivity index (χ2n) is 8.49. The maximum Gasteiger partial charge on any atom is 0.237 e. The molecule has 2 aromatic carbocycles. The number of H-pyrrole nitrogens is 1. The molecule has 0 spiro atoms. The average Bonchev–Trinajstić information content (AvgIpc) is 3.25. The van der Waals surface area contributed by atoms with Crippen molar-refractivity contribution in [3.05, 3.63) is 89.5 Å². The molecule has 0 saturated carbocycles. The number of aryl methyl sites for hydroxylation is 1. The van der Waals surface area contributed by atoms with Gasteiger partial charge in [-0.05, 0) is 18.1 Å². The lowest BCUT2D eigenvalue weighted by atomic mass is 9.90. The van der Waals surface area contributed by atoms with Gasteiger partial charge in [0.15, 0.2) is 0 Å². The summed E-state index contributed by atoms with van der Waals surface area (Å²) in [5.74, 6) is 0.753. The zero-order valence-corrected chi connectivity index (χ0v) is 19.0. The molecule has 0 bridgehead atoms. The van der Waals surface area contributed by atoms with Crippen LogP contribution in [-0.2, 0) is 16.0 Å². The monoisotopic (exact) mass is 445 g/mol. The highest BCUT2D eigenvalue weighted by Gasteiger charge is 2.33. The zero-order valence-electron chi connectivity index (χ0n) is 19.0. The third-order valence-electron chi connectivity index (χ3n) is 6.08. The lowest BCUT2D eigenvalue weighted by molar-refractivity contribution is -0.134. The number of aromatic amines is 1. The van der Waals surface area contributed by atoms with Crippen molar-refractivity contribution in [2.75, 3.05) is 26.2 Å². The van der Waals surface area contributed by atoms with Gasteiger partial charge in [0.25, 0.3) is 0 Å². The summed E-state index contributed by atoms with van der Waals surface area (Å²) in [6.07, 6.45) is 2.54. The van der Waals surface area contributed by atoms with Gasteiger partial charge in [-0.2, -0.15) is 0 Å². The molecule has 4 rings (SSSR count). The Morgan fingerprint density at radius 2 is 1.79 bits per heavy atom. The Balaban J connectivity index is 1.43. The normalized spacial score (nSPS) is 16.5. The summed E-state index contributed by atoms with van der Waals surface area (Å²) in [6, 6.07) is 20.2. The molecule has 7 nitrogen and oxygen atoms in total. The first-order valence-electron chi connectivity index (χ1n) is 11.5. The number of piperazine rings is 1. The fraction of sp³-hybridized carbons (Fsp3) is 0.346. The molecule has 33 heavy (non-hydrogen) atoms. The second-order valence-corrected chi connectivity index (χ2v) is 8.49. The summed E-state index contributed by atoms with van der Waals surface area (Å²) in [5, 5.41) is 5.87. The van der Waals surface area contributed by atoms with Crippen LogP contribution in [0.1, 0.15) is 35.0 Å². The largest absolute Gasteiger partial charge is 0.356 e. The van der Waals surface area contributed by atoms with Crippen LogP contribution in [0.25, 0.3) is 0 Å². The van der Waals surface area contributed by atoms with E-state index < -0.39 is 6.04 Å². The molecule has 1 aromatic heterocycles. The highest BCUT2D eigenvalue weighted by atomic mass is 16.2. The number of hydrogen-bond acceptors (Lipinski definition) is 4. The lowest BCUT2D eigenvalue weighted by Gasteiger charge is -2.37. The molecule has 3 N–H and O–H groups in total. The van der Waals surface area contributed by atoms with Crippen LogP contribution in [-0.4, -0.2) is 58.9 Å². The number of amides is 2.